The molecule has 0 aliphatic heterocycles. The Morgan fingerprint density at radius 3 is 1.89 bits per heavy atom. The standard InChI is InChI=1S/C12H14N2O4/c1-16-9-4-7(8-6-11(15)14-13-8)5-10(17-2)12(9)18-3/h4-6H,1-3H3,(H2,13,14,15). The molecule has 1 aromatic heterocycles. The molecule has 0 radical (unpaired) electrons. The fourth-order valence-electron chi connectivity index (χ4n) is 1.72. The van der Waals surface area contributed by atoms with Crippen LogP contribution in [0.3, 0.4) is 0 Å². The summed E-state index contributed by atoms with van der Waals surface area (Å²) in [7, 11) is 4.63. The summed E-state index contributed by atoms with van der Waals surface area (Å²) in [5, 5.41) is 5.25. The lowest BCUT2D eigenvalue weighted by Crippen LogP contribution is -1.95. The second-order valence-corrected chi connectivity index (χ2v) is 3.59. The van der Waals surface area contributed by atoms with Gasteiger partial charge < -0.3 is 14.2 Å². The Morgan fingerprint density at radius 2 is 1.50 bits per heavy atom. The average Bonchev–Trinajstić information content (AvgIpc) is 2.83. The van der Waals surface area contributed by atoms with Crippen molar-refractivity contribution in [1.82, 2.24) is 10.2 Å². The first-order chi connectivity index (χ1) is 8.69. The van der Waals surface area contributed by atoms with Gasteiger partial charge in [-0.1, -0.05) is 0 Å². The molecule has 6 nitrogen and oxygen atoms in total. The molecule has 0 amide bonds. The normalized spacial score (nSPS) is 10.2. The molecule has 2 N–H and O–H groups in total. The molecule has 0 saturated carbocycles. The topological polar surface area (TPSA) is 76.3 Å². The average molecular weight is 250 g/mol. The minimum Gasteiger partial charge on any atom is -0.493 e. The molecule has 0 aliphatic carbocycles. The van der Waals surface area contributed by atoms with Gasteiger partial charge in [0.25, 0.3) is 5.56 Å². The van der Waals surface area contributed by atoms with Gasteiger partial charge in [-0.15, -0.1) is 0 Å². The highest BCUT2D eigenvalue weighted by Crippen LogP contribution is 2.40. The molecule has 1 aromatic carbocycles. The number of hydrogen-bond donors (Lipinski definition) is 2. The molecule has 0 atom stereocenters. The number of hydrogen-bond acceptors (Lipinski definition) is 4. The molecule has 96 valence electrons. The minimum atomic E-state index is -0.196. The molecule has 2 rings (SSSR count). The van der Waals surface area contributed by atoms with Crippen molar-refractivity contribution >= 4 is 0 Å². The van der Waals surface area contributed by atoms with Gasteiger partial charge in [0.05, 0.1) is 27.0 Å². The van der Waals surface area contributed by atoms with E-state index in [4.69, 9.17) is 14.2 Å². The number of methoxy groups -OCH3 is 3. The first-order valence-electron chi connectivity index (χ1n) is 5.27. The molecule has 0 unspecified atom stereocenters. The maximum Gasteiger partial charge on any atom is 0.264 e. The smallest absolute Gasteiger partial charge is 0.264 e. The van der Waals surface area contributed by atoms with E-state index in [1.807, 2.05) is 0 Å². The lowest BCUT2D eigenvalue weighted by atomic mass is 10.1. The lowest BCUT2D eigenvalue weighted by Gasteiger charge is -2.13. The number of aromatic amines is 2. The fraction of sp³-hybridized carbons (Fsp3) is 0.250. The molecule has 18 heavy (non-hydrogen) atoms. The molecule has 6 heteroatoms. The predicted molar refractivity (Wildman–Crippen MR) is 66.5 cm³/mol. The van der Waals surface area contributed by atoms with Crippen molar-refractivity contribution in [2.24, 2.45) is 0 Å². The number of H-pyrrole nitrogens is 2. The summed E-state index contributed by atoms with van der Waals surface area (Å²) >= 11 is 0. The third kappa shape index (κ3) is 2.04. The third-order valence-electron chi connectivity index (χ3n) is 2.57. The van der Waals surface area contributed by atoms with Gasteiger partial charge in [-0.3, -0.25) is 15.0 Å². The largest absolute Gasteiger partial charge is 0.493 e. The fourth-order valence-corrected chi connectivity index (χ4v) is 1.72. The summed E-state index contributed by atoms with van der Waals surface area (Å²) in [6.45, 7) is 0. The van der Waals surface area contributed by atoms with Gasteiger partial charge in [-0.2, -0.15) is 0 Å². The van der Waals surface area contributed by atoms with E-state index in [1.54, 1.807) is 26.4 Å². The second kappa shape index (κ2) is 4.87. The van der Waals surface area contributed by atoms with Crippen LogP contribution in [-0.2, 0) is 0 Å². The molecular weight excluding hydrogens is 236 g/mol. The number of nitrogens with one attached hydrogen (secondary N) is 2. The summed E-state index contributed by atoms with van der Waals surface area (Å²) < 4.78 is 15.7. The third-order valence-corrected chi connectivity index (χ3v) is 2.57. The number of ether oxygens (including phenoxy) is 3. The molecule has 0 bridgehead atoms. The monoisotopic (exact) mass is 250 g/mol. The van der Waals surface area contributed by atoms with Crippen LogP contribution in [0.5, 0.6) is 17.2 Å². The Kier molecular flexibility index (Phi) is 3.27. The van der Waals surface area contributed by atoms with Crippen LogP contribution in [0.2, 0.25) is 0 Å². The zero-order valence-electron chi connectivity index (χ0n) is 10.4. The van der Waals surface area contributed by atoms with Crippen LogP contribution < -0.4 is 19.8 Å². The Balaban J connectivity index is 2.59. The predicted octanol–water partition coefficient (Wildman–Crippen LogP) is 1.40. The van der Waals surface area contributed by atoms with Crippen LogP contribution in [0.1, 0.15) is 0 Å². The maximum atomic E-state index is 11.1. The first-order valence-corrected chi connectivity index (χ1v) is 5.27. The molecular formula is C12H14N2O4. The summed E-state index contributed by atoms with van der Waals surface area (Å²) in [5.74, 6) is 1.59. The molecule has 2 aromatic rings. The summed E-state index contributed by atoms with van der Waals surface area (Å²) in [4.78, 5) is 11.1. The summed E-state index contributed by atoms with van der Waals surface area (Å²) in [5.41, 5.74) is 1.22. The summed E-state index contributed by atoms with van der Waals surface area (Å²) in [6.07, 6.45) is 0. The van der Waals surface area contributed by atoms with E-state index in [1.165, 1.54) is 13.2 Å². The Bertz CT molecular complexity index is 575. The van der Waals surface area contributed by atoms with E-state index in [9.17, 15) is 4.79 Å². The van der Waals surface area contributed by atoms with Crippen LogP contribution in [-0.4, -0.2) is 31.5 Å². The van der Waals surface area contributed by atoms with Gasteiger partial charge in [0.1, 0.15) is 0 Å². The van der Waals surface area contributed by atoms with Gasteiger partial charge in [0.2, 0.25) is 5.75 Å². The Hall–Kier alpha value is -2.37. The van der Waals surface area contributed by atoms with Gasteiger partial charge in [-0.25, -0.2) is 0 Å². The number of rotatable bonds is 4. The van der Waals surface area contributed by atoms with Crippen molar-refractivity contribution in [3.63, 3.8) is 0 Å². The quantitative estimate of drug-likeness (QED) is 0.859. The number of aromatic nitrogens is 2. The van der Waals surface area contributed by atoms with Crippen LogP contribution in [0, 0.1) is 0 Å². The molecule has 1 heterocycles. The van der Waals surface area contributed by atoms with E-state index in [2.05, 4.69) is 10.2 Å². The van der Waals surface area contributed by atoms with Crippen LogP contribution in [0.15, 0.2) is 23.0 Å². The van der Waals surface area contributed by atoms with E-state index >= 15 is 0 Å². The van der Waals surface area contributed by atoms with Gasteiger partial charge in [-0.05, 0) is 12.1 Å². The molecule has 0 fully saturated rings. The number of benzene rings is 1. The second-order valence-electron chi connectivity index (χ2n) is 3.59. The van der Waals surface area contributed by atoms with E-state index in [0.717, 1.165) is 5.56 Å². The minimum absolute atomic E-state index is 0.196. The molecule has 0 saturated heterocycles. The maximum absolute atomic E-state index is 11.1. The van der Waals surface area contributed by atoms with Crippen molar-refractivity contribution in [1.29, 1.82) is 0 Å². The zero-order valence-corrected chi connectivity index (χ0v) is 10.4. The summed E-state index contributed by atoms with van der Waals surface area (Å²) in [6, 6.07) is 4.99. The Labute approximate surface area is 103 Å². The molecule has 0 aliphatic rings. The van der Waals surface area contributed by atoms with E-state index in [0.29, 0.717) is 22.9 Å². The van der Waals surface area contributed by atoms with Gasteiger partial charge in [0, 0.05) is 11.6 Å². The Morgan fingerprint density at radius 1 is 0.889 bits per heavy atom. The zero-order chi connectivity index (χ0) is 13.1. The van der Waals surface area contributed by atoms with Gasteiger partial charge in [0.15, 0.2) is 11.5 Å². The highest BCUT2D eigenvalue weighted by molar-refractivity contribution is 5.68. The van der Waals surface area contributed by atoms with Crippen LogP contribution in [0.25, 0.3) is 11.3 Å². The highest BCUT2D eigenvalue weighted by atomic mass is 16.5. The van der Waals surface area contributed by atoms with Gasteiger partial charge >= 0.3 is 0 Å². The van der Waals surface area contributed by atoms with Crippen LogP contribution >= 0.6 is 0 Å². The first kappa shape index (κ1) is 12.1. The van der Waals surface area contributed by atoms with Crippen LogP contribution in [0.4, 0.5) is 0 Å². The lowest BCUT2D eigenvalue weighted by molar-refractivity contribution is 0.324. The van der Waals surface area contributed by atoms with Crippen molar-refractivity contribution in [3.05, 3.63) is 28.6 Å². The van der Waals surface area contributed by atoms with Crippen molar-refractivity contribution < 1.29 is 14.2 Å². The van der Waals surface area contributed by atoms with E-state index in [-0.39, 0.29) is 5.56 Å². The van der Waals surface area contributed by atoms with Crippen molar-refractivity contribution in [3.8, 4) is 28.5 Å². The van der Waals surface area contributed by atoms with Crippen molar-refractivity contribution in [2.45, 2.75) is 0 Å². The SMILES string of the molecule is COc1cc(-c2cc(=O)[nH][nH]2)cc(OC)c1OC. The highest BCUT2D eigenvalue weighted by Gasteiger charge is 2.14. The molecule has 0 spiro atoms. The van der Waals surface area contributed by atoms with E-state index < -0.39 is 0 Å². The van der Waals surface area contributed by atoms with Crippen molar-refractivity contribution in [2.75, 3.05) is 21.3 Å².